The number of carbonyl (C=O) groups excluding carboxylic acids is 1. The van der Waals surface area contributed by atoms with E-state index in [0.29, 0.717) is 40.9 Å². The Morgan fingerprint density at radius 3 is 2.19 bits per heavy atom. The van der Waals surface area contributed by atoms with Crippen LogP contribution in [0.2, 0.25) is 0 Å². The van der Waals surface area contributed by atoms with Gasteiger partial charge in [-0.1, -0.05) is 42.5 Å². The number of tetrazole rings is 1. The van der Waals surface area contributed by atoms with Crippen molar-refractivity contribution >= 4 is 11.6 Å². The van der Waals surface area contributed by atoms with Crippen LogP contribution in [0.15, 0.2) is 71.8 Å². The molecule has 0 atom stereocenters. The van der Waals surface area contributed by atoms with Crippen molar-refractivity contribution in [3.63, 3.8) is 0 Å². The van der Waals surface area contributed by atoms with Crippen LogP contribution in [-0.2, 0) is 6.54 Å². The lowest BCUT2D eigenvalue weighted by Crippen LogP contribution is -2.19. The molecule has 10 nitrogen and oxygen atoms in total. The average molecular weight is 487 g/mol. The molecule has 0 fully saturated rings. The number of hydrazone groups is 1. The Balaban J connectivity index is 1.41. The molecule has 1 aromatic heterocycles. The predicted molar refractivity (Wildman–Crippen MR) is 135 cm³/mol. The van der Waals surface area contributed by atoms with Crippen molar-refractivity contribution in [2.75, 3.05) is 21.3 Å². The van der Waals surface area contributed by atoms with Gasteiger partial charge in [0.2, 0.25) is 11.6 Å². The standard InChI is InChI=1S/C26H26N6O4/c1-17(21-14-22(34-2)24(36-4)23(15-21)35-3)27-29-26(33)20-12-10-18(11-13-20)16-32-30-25(28-31-32)19-8-6-5-7-9-19/h5-15H,16H2,1-4H3,(H,29,33). The number of hydrogen-bond donors (Lipinski definition) is 1. The third-order valence-electron chi connectivity index (χ3n) is 5.43. The molecular weight excluding hydrogens is 460 g/mol. The molecule has 0 radical (unpaired) electrons. The van der Waals surface area contributed by atoms with Crippen LogP contribution >= 0.6 is 0 Å². The summed E-state index contributed by atoms with van der Waals surface area (Å²) in [5, 5.41) is 16.9. The lowest BCUT2D eigenvalue weighted by molar-refractivity contribution is 0.0955. The number of ether oxygens (including phenoxy) is 3. The van der Waals surface area contributed by atoms with Crippen molar-refractivity contribution in [2.45, 2.75) is 13.5 Å². The minimum absolute atomic E-state index is 0.335. The molecule has 0 saturated heterocycles. The quantitative estimate of drug-likeness (QED) is 0.284. The van der Waals surface area contributed by atoms with E-state index >= 15 is 0 Å². The average Bonchev–Trinajstić information content (AvgIpc) is 3.40. The molecule has 1 amide bonds. The molecule has 0 bridgehead atoms. The highest BCUT2D eigenvalue weighted by atomic mass is 16.5. The van der Waals surface area contributed by atoms with Crippen LogP contribution in [0.25, 0.3) is 11.4 Å². The van der Waals surface area contributed by atoms with E-state index in [9.17, 15) is 4.79 Å². The van der Waals surface area contributed by atoms with E-state index in [-0.39, 0.29) is 5.91 Å². The van der Waals surface area contributed by atoms with E-state index in [2.05, 4.69) is 25.9 Å². The molecule has 36 heavy (non-hydrogen) atoms. The largest absolute Gasteiger partial charge is 0.493 e. The first-order valence-electron chi connectivity index (χ1n) is 11.1. The van der Waals surface area contributed by atoms with E-state index < -0.39 is 0 Å². The number of nitrogens with one attached hydrogen (secondary N) is 1. The number of carbonyl (C=O) groups is 1. The first-order valence-corrected chi connectivity index (χ1v) is 11.1. The lowest BCUT2D eigenvalue weighted by atomic mass is 10.1. The number of nitrogens with zero attached hydrogens (tertiary/aromatic N) is 5. The van der Waals surface area contributed by atoms with Gasteiger partial charge in [0.1, 0.15) is 0 Å². The summed E-state index contributed by atoms with van der Waals surface area (Å²) in [6.45, 7) is 2.21. The van der Waals surface area contributed by atoms with Gasteiger partial charge in [0.25, 0.3) is 5.91 Å². The predicted octanol–water partition coefficient (Wildman–Crippen LogP) is 3.57. The summed E-state index contributed by atoms with van der Waals surface area (Å²) in [7, 11) is 4.62. The van der Waals surface area contributed by atoms with Gasteiger partial charge in [0.15, 0.2) is 11.5 Å². The van der Waals surface area contributed by atoms with Gasteiger partial charge in [-0.2, -0.15) is 9.90 Å². The van der Waals surface area contributed by atoms with Crippen LogP contribution in [0, 0.1) is 0 Å². The number of benzene rings is 3. The van der Waals surface area contributed by atoms with Crippen molar-refractivity contribution in [2.24, 2.45) is 5.10 Å². The first-order chi connectivity index (χ1) is 17.5. The molecular formula is C26H26N6O4. The molecule has 0 unspecified atom stereocenters. The first kappa shape index (κ1) is 24.4. The fourth-order valence-corrected chi connectivity index (χ4v) is 3.49. The van der Waals surface area contributed by atoms with Crippen LogP contribution in [-0.4, -0.2) is 53.2 Å². The summed E-state index contributed by atoms with van der Waals surface area (Å²) in [5.74, 6) is 1.71. The maximum atomic E-state index is 12.6. The third-order valence-corrected chi connectivity index (χ3v) is 5.43. The summed E-state index contributed by atoms with van der Waals surface area (Å²) in [5.41, 5.74) is 6.18. The summed E-state index contributed by atoms with van der Waals surface area (Å²) in [4.78, 5) is 14.1. The highest BCUT2D eigenvalue weighted by Crippen LogP contribution is 2.38. The molecule has 0 aliphatic rings. The van der Waals surface area contributed by atoms with Gasteiger partial charge in [-0.25, -0.2) is 5.43 Å². The maximum Gasteiger partial charge on any atom is 0.271 e. The summed E-state index contributed by atoms with van der Waals surface area (Å²) in [6, 6.07) is 20.3. The zero-order chi connectivity index (χ0) is 25.5. The fourth-order valence-electron chi connectivity index (χ4n) is 3.49. The van der Waals surface area contributed by atoms with E-state index in [1.807, 2.05) is 42.5 Å². The molecule has 1 N–H and O–H groups in total. The second-order valence-electron chi connectivity index (χ2n) is 7.76. The number of rotatable bonds is 9. The number of amides is 1. The molecule has 10 heteroatoms. The second-order valence-corrected chi connectivity index (χ2v) is 7.76. The lowest BCUT2D eigenvalue weighted by Gasteiger charge is -2.14. The molecule has 0 aliphatic heterocycles. The van der Waals surface area contributed by atoms with Crippen LogP contribution in [0.4, 0.5) is 0 Å². The SMILES string of the molecule is COc1cc(C(C)=NNC(=O)c2ccc(Cn3nnc(-c4ccccc4)n3)cc2)cc(OC)c1OC. The van der Waals surface area contributed by atoms with Crippen molar-refractivity contribution in [3.8, 4) is 28.6 Å². The van der Waals surface area contributed by atoms with Gasteiger partial charge in [-0.3, -0.25) is 4.79 Å². The Morgan fingerprint density at radius 2 is 1.58 bits per heavy atom. The Kier molecular flexibility index (Phi) is 7.54. The van der Waals surface area contributed by atoms with Crippen molar-refractivity contribution in [1.29, 1.82) is 0 Å². The molecule has 0 saturated carbocycles. The van der Waals surface area contributed by atoms with Crippen molar-refractivity contribution in [3.05, 3.63) is 83.4 Å². The minimum atomic E-state index is -0.335. The van der Waals surface area contributed by atoms with E-state index in [1.54, 1.807) is 45.4 Å². The van der Waals surface area contributed by atoms with Crippen LogP contribution in [0.5, 0.6) is 17.2 Å². The normalized spacial score (nSPS) is 11.2. The Hall–Kier alpha value is -4.73. The minimum Gasteiger partial charge on any atom is -0.493 e. The van der Waals surface area contributed by atoms with Crippen LogP contribution < -0.4 is 19.6 Å². The van der Waals surface area contributed by atoms with Gasteiger partial charge in [-0.05, 0) is 42.0 Å². The molecule has 3 aromatic carbocycles. The molecule has 4 rings (SSSR count). The van der Waals surface area contributed by atoms with Gasteiger partial charge < -0.3 is 14.2 Å². The molecule has 0 aliphatic carbocycles. The highest BCUT2D eigenvalue weighted by molar-refractivity contribution is 6.01. The zero-order valence-corrected chi connectivity index (χ0v) is 20.4. The molecule has 184 valence electrons. The van der Waals surface area contributed by atoms with Gasteiger partial charge in [0.05, 0.1) is 33.6 Å². The topological polar surface area (TPSA) is 113 Å². The zero-order valence-electron chi connectivity index (χ0n) is 20.4. The van der Waals surface area contributed by atoms with Crippen molar-refractivity contribution in [1.82, 2.24) is 25.6 Å². The van der Waals surface area contributed by atoms with Gasteiger partial charge in [0, 0.05) is 16.7 Å². The summed E-state index contributed by atoms with van der Waals surface area (Å²) >= 11 is 0. The maximum absolute atomic E-state index is 12.6. The smallest absolute Gasteiger partial charge is 0.271 e. The van der Waals surface area contributed by atoms with E-state index in [0.717, 1.165) is 16.7 Å². The Bertz CT molecular complexity index is 1340. The van der Waals surface area contributed by atoms with Gasteiger partial charge >= 0.3 is 0 Å². The number of hydrogen-bond acceptors (Lipinski definition) is 8. The Morgan fingerprint density at radius 1 is 0.917 bits per heavy atom. The van der Waals surface area contributed by atoms with Gasteiger partial charge in [-0.15, -0.1) is 10.2 Å². The monoisotopic (exact) mass is 486 g/mol. The number of methoxy groups -OCH3 is 3. The summed E-state index contributed by atoms with van der Waals surface area (Å²) in [6.07, 6.45) is 0. The van der Waals surface area contributed by atoms with E-state index in [4.69, 9.17) is 14.2 Å². The number of aromatic nitrogens is 4. The fraction of sp³-hybridized carbons (Fsp3) is 0.192. The van der Waals surface area contributed by atoms with Crippen LogP contribution in [0.1, 0.15) is 28.4 Å². The Labute approximate surface area is 208 Å². The molecule has 1 heterocycles. The second kappa shape index (κ2) is 11.1. The molecule has 4 aromatic rings. The van der Waals surface area contributed by atoms with Crippen LogP contribution in [0.3, 0.4) is 0 Å². The third kappa shape index (κ3) is 5.49. The van der Waals surface area contributed by atoms with Crippen molar-refractivity contribution < 1.29 is 19.0 Å². The van der Waals surface area contributed by atoms with E-state index in [1.165, 1.54) is 11.9 Å². The summed E-state index contributed by atoms with van der Waals surface area (Å²) < 4.78 is 16.1. The molecule has 0 spiro atoms. The highest BCUT2D eigenvalue weighted by Gasteiger charge is 2.15.